The quantitative estimate of drug-likeness (QED) is 0.265. The Morgan fingerprint density at radius 1 is 0.947 bits per heavy atom. The standard InChI is InChI=1S/C27H30F3N7.CH4/c1-37(2)25-22-5-3-4-6-23(22)34-26(35-25)33-21-13-11-20(12-14-21)31-15-18-16-32-36-24(18)17-7-9-19(10-8-17)27(28,29)30;/h3-10,16,20-21,31H,11-15H2,1-2H3,(H,32,36)(H,33,34,35);1H4. The predicted molar refractivity (Wildman–Crippen MR) is 146 cm³/mol. The molecular weight excluding hydrogens is 491 g/mol. The van der Waals surface area contributed by atoms with Crippen LogP contribution in [-0.2, 0) is 12.7 Å². The molecule has 4 aromatic rings. The Morgan fingerprint density at radius 2 is 1.63 bits per heavy atom. The number of aromatic nitrogens is 4. The molecule has 1 aliphatic rings. The fraction of sp³-hybridized carbons (Fsp3) is 0.393. The molecule has 0 aliphatic heterocycles. The second kappa shape index (κ2) is 11.4. The van der Waals surface area contributed by atoms with E-state index in [9.17, 15) is 13.2 Å². The van der Waals surface area contributed by atoms with Gasteiger partial charge in [0.15, 0.2) is 0 Å². The molecule has 2 aromatic carbocycles. The van der Waals surface area contributed by atoms with E-state index in [1.807, 2.05) is 43.3 Å². The highest BCUT2D eigenvalue weighted by Gasteiger charge is 2.30. The normalized spacial score (nSPS) is 17.7. The Bertz CT molecular complexity index is 1340. The van der Waals surface area contributed by atoms with Crippen LogP contribution in [0.15, 0.2) is 54.7 Å². The first kappa shape index (κ1) is 27.4. The van der Waals surface area contributed by atoms with E-state index in [4.69, 9.17) is 9.97 Å². The number of rotatable bonds is 7. The highest BCUT2D eigenvalue weighted by molar-refractivity contribution is 5.90. The summed E-state index contributed by atoms with van der Waals surface area (Å²) in [6, 6.07) is 13.8. The van der Waals surface area contributed by atoms with Crippen molar-refractivity contribution in [3.8, 4) is 11.3 Å². The number of alkyl halides is 3. The van der Waals surface area contributed by atoms with Crippen molar-refractivity contribution in [1.29, 1.82) is 0 Å². The Morgan fingerprint density at radius 3 is 2.32 bits per heavy atom. The lowest BCUT2D eigenvalue weighted by atomic mass is 9.91. The smallest absolute Gasteiger partial charge is 0.362 e. The molecule has 2 aromatic heterocycles. The van der Waals surface area contributed by atoms with Crippen LogP contribution in [0.2, 0.25) is 0 Å². The molecule has 10 heteroatoms. The van der Waals surface area contributed by atoms with Crippen molar-refractivity contribution >= 4 is 22.7 Å². The molecule has 7 nitrogen and oxygen atoms in total. The summed E-state index contributed by atoms with van der Waals surface area (Å²) >= 11 is 0. The van der Waals surface area contributed by atoms with Crippen LogP contribution in [0.3, 0.4) is 0 Å². The van der Waals surface area contributed by atoms with Crippen molar-refractivity contribution in [2.24, 2.45) is 0 Å². The fourth-order valence-corrected chi connectivity index (χ4v) is 4.86. The molecule has 1 fully saturated rings. The van der Waals surface area contributed by atoms with E-state index in [1.165, 1.54) is 12.1 Å². The van der Waals surface area contributed by atoms with Crippen LogP contribution in [0.25, 0.3) is 22.2 Å². The number of para-hydroxylation sites is 1. The van der Waals surface area contributed by atoms with E-state index in [-0.39, 0.29) is 7.43 Å². The molecule has 5 rings (SSSR count). The molecule has 2 heterocycles. The predicted octanol–water partition coefficient (Wildman–Crippen LogP) is 6.25. The molecule has 38 heavy (non-hydrogen) atoms. The van der Waals surface area contributed by atoms with Crippen LogP contribution in [0, 0.1) is 0 Å². The van der Waals surface area contributed by atoms with Gasteiger partial charge in [0.2, 0.25) is 5.95 Å². The first-order chi connectivity index (χ1) is 17.8. The molecule has 0 radical (unpaired) electrons. The molecular formula is C28H34F3N7. The highest BCUT2D eigenvalue weighted by atomic mass is 19.4. The van der Waals surface area contributed by atoms with Gasteiger partial charge in [0, 0.05) is 43.7 Å². The fourth-order valence-electron chi connectivity index (χ4n) is 4.86. The minimum atomic E-state index is -4.35. The number of H-pyrrole nitrogens is 1. The van der Waals surface area contributed by atoms with Gasteiger partial charge < -0.3 is 15.5 Å². The van der Waals surface area contributed by atoms with Crippen molar-refractivity contribution in [2.75, 3.05) is 24.3 Å². The summed E-state index contributed by atoms with van der Waals surface area (Å²) in [5.41, 5.74) is 2.61. The maximum atomic E-state index is 12.9. The molecule has 0 bridgehead atoms. The number of anilines is 2. The molecule has 0 amide bonds. The Kier molecular flexibility index (Phi) is 8.20. The van der Waals surface area contributed by atoms with Gasteiger partial charge in [0.1, 0.15) is 5.82 Å². The van der Waals surface area contributed by atoms with Gasteiger partial charge >= 0.3 is 6.18 Å². The van der Waals surface area contributed by atoms with E-state index in [0.717, 1.165) is 65.8 Å². The molecule has 202 valence electrons. The number of nitrogens with one attached hydrogen (secondary N) is 3. The molecule has 1 aliphatic carbocycles. The first-order valence-electron chi connectivity index (χ1n) is 12.4. The molecule has 1 saturated carbocycles. The zero-order valence-electron chi connectivity index (χ0n) is 20.8. The molecule has 0 atom stereocenters. The van der Waals surface area contributed by atoms with Crippen LogP contribution < -0.4 is 15.5 Å². The van der Waals surface area contributed by atoms with Crippen molar-refractivity contribution in [1.82, 2.24) is 25.5 Å². The summed E-state index contributed by atoms with van der Waals surface area (Å²) in [6.45, 7) is 0.593. The second-order valence-corrected chi connectivity index (χ2v) is 9.70. The number of benzene rings is 2. The summed E-state index contributed by atoms with van der Waals surface area (Å²) in [7, 11) is 3.97. The number of nitrogens with zero attached hydrogens (tertiary/aromatic N) is 4. The zero-order valence-corrected chi connectivity index (χ0v) is 20.8. The maximum Gasteiger partial charge on any atom is 0.416 e. The van der Waals surface area contributed by atoms with Gasteiger partial charge in [-0.3, -0.25) is 5.10 Å². The SMILES string of the molecule is C.CN(C)c1nc(NC2CCC(NCc3cn[nH]c3-c3ccc(C(F)(F)F)cc3)CC2)nc2ccccc12. The van der Waals surface area contributed by atoms with Gasteiger partial charge in [-0.25, -0.2) is 4.98 Å². The number of hydrogen-bond acceptors (Lipinski definition) is 6. The van der Waals surface area contributed by atoms with Crippen LogP contribution in [0.4, 0.5) is 24.9 Å². The van der Waals surface area contributed by atoms with E-state index < -0.39 is 11.7 Å². The minimum absolute atomic E-state index is 0. The van der Waals surface area contributed by atoms with E-state index in [1.54, 1.807) is 6.20 Å². The average molecular weight is 526 g/mol. The van der Waals surface area contributed by atoms with Crippen molar-refractivity contribution < 1.29 is 13.2 Å². The van der Waals surface area contributed by atoms with Crippen molar-refractivity contribution in [3.05, 3.63) is 65.9 Å². The van der Waals surface area contributed by atoms with Crippen LogP contribution >= 0.6 is 0 Å². The summed E-state index contributed by atoms with van der Waals surface area (Å²) in [5, 5.41) is 15.2. The van der Waals surface area contributed by atoms with Gasteiger partial charge in [0.25, 0.3) is 0 Å². The lowest BCUT2D eigenvalue weighted by Gasteiger charge is -2.30. The Labute approximate surface area is 220 Å². The number of aromatic amines is 1. The summed E-state index contributed by atoms with van der Waals surface area (Å²) < 4.78 is 38.7. The van der Waals surface area contributed by atoms with Gasteiger partial charge in [-0.05, 0) is 55.5 Å². The van der Waals surface area contributed by atoms with Crippen molar-refractivity contribution in [3.63, 3.8) is 0 Å². The van der Waals surface area contributed by atoms with Gasteiger partial charge in [0.05, 0.1) is 23.0 Å². The third-order valence-corrected chi connectivity index (χ3v) is 6.87. The van der Waals surface area contributed by atoms with Crippen LogP contribution in [0.5, 0.6) is 0 Å². The minimum Gasteiger partial charge on any atom is -0.362 e. The van der Waals surface area contributed by atoms with Gasteiger partial charge in [-0.2, -0.15) is 23.3 Å². The molecule has 0 unspecified atom stereocenters. The Balaban J connectivity index is 0.00000336. The number of fused-ring (bicyclic) bond motifs is 1. The monoisotopic (exact) mass is 525 g/mol. The maximum absolute atomic E-state index is 12.9. The third-order valence-electron chi connectivity index (χ3n) is 6.87. The number of hydrogen-bond donors (Lipinski definition) is 3. The van der Waals surface area contributed by atoms with E-state index in [0.29, 0.717) is 30.1 Å². The Hall–Kier alpha value is -3.66. The highest BCUT2D eigenvalue weighted by Crippen LogP contribution is 2.31. The van der Waals surface area contributed by atoms with Crippen LogP contribution in [0.1, 0.15) is 44.2 Å². The lowest BCUT2D eigenvalue weighted by Crippen LogP contribution is -2.37. The summed E-state index contributed by atoms with van der Waals surface area (Å²) in [4.78, 5) is 11.5. The van der Waals surface area contributed by atoms with Gasteiger partial charge in [-0.15, -0.1) is 0 Å². The third kappa shape index (κ3) is 6.07. The van der Waals surface area contributed by atoms with E-state index >= 15 is 0 Å². The number of halogens is 3. The van der Waals surface area contributed by atoms with Crippen LogP contribution in [-0.4, -0.2) is 46.3 Å². The molecule has 0 saturated heterocycles. The molecule has 3 N–H and O–H groups in total. The topological polar surface area (TPSA) is 81.8 Å². The average Bonchev–Trinajstić information content (AvgIpc) is 3.36. The summed E-state index contributed by atoms with van der Waals surface area (Å²) in [6.07, 6.45) is 1.36. The van der Waals surface area contributed by atoms with E-state index in [2.05, 4.69) is 20.8 Å². The summed E-state index contributed by atoms with van der Waals surface area (Å²) in [5.74, 6) is 1.55. The first-order valence-corrected chi connectivity index (χ1v) is 12.4. The van der Waals surface area contributed by atoms with Crippen molar-refractivity contribution in [2.45, 2.75) is 57.9 Å². The van der Waals surface area contributed by atoms with Gasteiger partial charge in [-0.1, -0.05) is 31.7 Å². The zero-order chi connectivity index (χ0) is 26.0. The largest absolute Gasteiger partial charge is 0.416 e. The molecule has 0 spiro atoms. The second-order valence-electron chi connectivity index (χ2n) is 9.70. The lowest BCUT2D eigenvalue weighted by molar-refractivity contribution is -0.137.